The summed E-state index contributed by atoms with van der Waals surface area (Å²) < 4.78 is 5.62. The first-order valence-electron chi connectivity index (χ1n) is 13.0. The van der Waals surface area contributed by atoms with Gasteiger partial charge in [0.05, 0.1) is 13.0 Å². The number of esters is 1. The molecule has 0 saturated heterocycles. The highest BCUT2D eigenvalue weighted by atomic mass is 16.5. The molecular weight excluding hydrogens is 424 g/mol. The van der Waals surface area contributed by atoms with E-state index in [0.29, 0.717) is 6.61 Å². The van der Waals surface area contributed by atoms with Gasteiger partial charge in [-0.3, -0.25) is 4.79 Å². The molecule has 0 saturated carbocycles. The number of aryl methyl sites for hydroxylation is 2. The van der Waals surface area contributed by atoms with Crippen LogP contribution in [0.5, 0.6) is 11.5 Å². The van der Waals surface area contributed by atoms with E-state index in [2.05, 4.69) is 6.92 Å². The van der Waals surface area contributed by atoms with Crippen molar-refractivity contribution in [2.75, 3.05) is 6.61 Å². The summed E-state index contributed by atoms with van der Waals surface area (Å²) in [6.45, 7) is 8.42. The van der Waals surface area contributed by atoms with Gasteiger partial charge in [-0.15, -0.1) is 0 Å². The summed E-state index contributed by atoms with van der Waals surface area (Å²) in [6.07, 6.45) is 12.6. The molecule has 0 radical (unpaired) electrons. The van der Waals surface area contributed by atoms with Crippen molar-refractivity contribution in [1.82, 2.24) is 0 Å². The third kappa shape index (κ3) is 8.38. The van der Waals surface area contributed by atoms with Gasteiger partial charge in [0.15, 0.2) is 0 Å². The van der Waals surface area contributed by atoms with E-state index in [9.17, 15) is 15.0 Å². The number of carbonyl (C=O) groups excluding carboxylic acids is 1. The molecular formula is C30H44O4. The number of phenolic OH excluding ortho intramolecular Hbond substituents is 2. The van der Waals surface area contributed by atoms with Gasteiger partial charge < -0.3 is 14.9 Å². The second-order valence-electron chi connectivity index (χ2n) is 9.91. The van der Waals surface area contributed by atoms with E-state index in [1.165, 1.54) is 51.4 Å². The molecule has 2 aromatic rings. The highest BCUT2D eigenvalue weighted by Gasteiger charge is 2.33. The summed E-state index contributed by atoms with van der Waals surface area (Å²) in [7, 11) is 0. The average Bonchev–Trinajstić information content (AvgIpc) is 2.80. The summed E-state index contributed by atoms with van der Waals surface area (Å²) in [4.78, 5) is 12.8. The first-order valence-corrected chi connectivity index (χ1v) is 13.0. The van der Waals surface area contributed by atoms with E-state index in [4.69, 9.17) is 4.74 Å². The maximum Gasteiger partial charge on any atom is 0.307 e. The molecule has 0 aliphatic rings. The van der Waals surface area contributed by atoms with E-state index in [1.54, 1.807) is 12.1 Å². The predicted molar refractivity (Wildman–Crippen MR) is 140 cm³/mol. The Morgan fingerprint density at radius 1 is 0.765 bits per heavy atom. The normalized spacial score (nSPS) is 11.5. The number of carbonyl (C=O) groups is 1. The fourth-order valence-electron chi connectivity index (χ4n) is 4.48. The van der Waals surface area contributed by atoms with Crippen LogP contribution in [0.4, 0.5) is 0 Å². The molecule has 34 heavy (non-hydrogen) atoms. The average molecular weight is 469 g/mol. The summed E-state index contributed by atoms with van der Waals surface area (Å²) in [5, 5.41) is 20.0. The summed E-state index contributed by atoms with van der Waals surface area (Å²) in [5.74, 6) is 0.239. The Morgan fingerprint density at radius 3 is 1.65 bits per heavy atom. The van der Waals surface area contributed by atoms with Crippen molar-refractivity contribution in [3.05, 3.63) is 58.7 Å². The number of rotatable bonds is 15. The number of unbranched alkanes of at least 4 members (excludes halogenated alkanes) is 9. The minimum atomic E-state index is -0.633. The van der Waals surface area contributed by atoms with Crippen LogP contribution in [0.3, 0.4) is 0 Å². The van der Waals surface area contributed by atoms with Gasteiger partial charge in [0.1, 0.15) is 11.5 Å². The molecule has 0 bridgehead atoms. The highest BCUT2D eigenvalue weighted by Crippen LogP contribution is 2.39. The lowest BCUT2D eigenvalue weighted by Gasteiger charge is -2.31. The van der Waals surface area contributed by atoms with E-state index < -0.39 is 5.41 Å². The fourth-order valence-corrected chi connectivity index (χ4v) is 4.48. The highest BCUT2D eigenvalue weighted by molar-refractivity contribution is 5.73. The van der Waals surface area contributed by atoms with E-state index in [-0.39, 0.29) is 23.9 Å². The maximum atomic E-state index is 12.8. The number of ether oxygens (including phenoxy) is 1. The lowest BCUT2D eigenvalue weighted by atomic mass is 9.73. The second kappa shape index (κ2) is 14.0. The van der Waals surface area contributed by atoms with Crippen LogP contribution in [0.15, 0.2) is 36.4 Å². The zero-order valence-electron chi connectivity index (χ0n) is 21.7. The van der Waals surface area contributed by atoms with Crippen molar-refractivity contribution in [2.45, 2.75) is 104 Å². The van der Waals surface area contributed by atoms with Crippen LogP contribution in [0.25, 0.3) is 0 Å². The summed E-state index contributed by atoms with van der Waals surface area (Å²) in [6, 6.07) is 10.9. The van der Waals surface area contributed by atoms with Gasteiger partial charge >= 0.3 is 5.97 Å². The van der Waals surface area contributed by atoms with Crippen LogP contribution < -0.4 is 0 Å². The Labute approximate surface area is 206 Å². The van der Waals surface area contributed by atoms with Gasteiger partial charge in [-0.05, 0) is 54.7 Å². The first kappa shape index (κ1) is 27.8. The minimum Gasteiger partial charge on any atom is -0.508 e. The quantitative estimate of drug-likeness (QED) is 0.206. The van der Waals surface area contributed by atoms with Crippen molar-refractivity contribution in [3.8, 4) is 11.5 Å². The van der Waals surface area contributed by atoms with Crippen LogP contribution in [-0.2, 0) is 14.9 Å². The molecule has 188 valence electrons. The number of aromatic hydroxyl groups is 2. The Morgan fingerprint density at radius 2 is 1.21 bits per heavy atom. The molecule has 2 rings (SSSR count). The lowest BCUT2D eigenvalue weighted by molar-refractivity contribution is -0.144. The molecule has 4 heteroatoms. The number of benzene rings is 2. The third-order valence-electron chi connectivity index (χ3n) is 6.93. The van der Waals surface area contributed by atoms with Crippen LogP contribution in [0, 0.1) is 13.8 Å². The summed E-state index contributed by atoms with van der Waals surface area (Å²) in [5.41, 5.74) is 2.76. The fraction of sp³-hybridized carbons (Fsp3) is 0.567. The van der Waals surface area contributed by atoms with Gasteiger partial charge in [0, 0.05) is 5.41 Å². The third-order valence-corrected chi connectivity index (χ3v) is 6.93. The molecule has 0 aromatic heterocycles. The second-order valence-corrected chi connectivity index (χ2v) is 9.91. The lowest BCUT2D eigenvalue weighted by Crippen LogP contribution is -2.28. The molecule has 0 spiro atoms. The number of hydrogen-bond acceptors (Lipinski definition) is 4. The van der Waals surface area contributed by atoms with Gasteiger partial charge in [-0.2, -0.15) is 0 Å². The topological polar surface area (TPSA) is 66.8 Å². The molecule has 0 amide bonds. The molecule has 0 heterocycles. The van der Waals surface area contributed by atoms with Crippen molar-refractivity contribution in [1.29, 1.82) is 0 Å². The smallest absolute Gasteiger partial charge is 0.307 e. The zero-order chi connectivity index (χ0) is 25.0. The Bertz CT molecular complexity index is 851. The number of hydrogen-bond donors (Lipinski definition) is 2. The van der Waals surface area contributed by atoms with Crippen LogP contribution >= 0.6 is 0 Å². The molecule has 4 nitrogen and oxygen atoms in total. The van der Waals surface area contributed by atoms with Gasteiger partial charge in [-0.1, -0.05) is 95.9 Å². The molecule has 0 unspecified atom stereocenters. The molecule has 2 N–H and O–H groups in total. The predicted octanol–water partition coefficient (Wildman–Crippen LogP) is 7.87. The first-order chi connectivity index (χ1) is 16.3. The van der Waals surface area contributed by atoms with Crippen LogP contribution in [-0.4, -0.2) is 22.8 Å². The molecule has 2 aromatic carbocycles. The van der Waals surface area contributed by atoms with Crippen molar-refractivity contribution >= 4 is 5.97 Å². The monoisotopic (exact) mass is 468 g/mol. The van der Waals surface area contributed by atoms with Gasteiger partial charge in [-0.25, -0.2) is 0 Å². The molecule has 0 fully saturated rings. The van der Waals surface area contributed by atoms with Crippen molar-refractivity contribution in [3.63, 3.8) is 0 Å². The standard InChI is InChI=1S/C30H44O4/c1-5-6-7-8-9-10-11-12-13-14-19-34-29(33)22-30(4,25-15-17-27(31)23(2)20-25)26-16-18-28(32)24(3)21-26/h15-18,20-21,31-32H,5-14,19,22H2,1-4H3. The summed E-state index contributed by atoms with van der Waals surface area (Å²) >= 11 is 0. The van der Waals surface area contributed by atoms with Gasteiger partial charge in [0.2, 0.25) is 0 Å². The van der Waals surface area contributed by atoms with E-state index in [0.717, 1.165) is 35.1 Å². The largest absolute Gasteiger partial charge is 0.508 e. The van der Waals surface area contributed by atoms with Crippen molar-refractivity contribution < 1.29 is 19.7 Å². The Balaban J connectivity index is 1.90. The SMILES string of the molecule is CCCCCCCCCCCCOC(=O)CC(C)(c1ccc(O)c(C)c1)c1ccc(O)c(C)c1. The Hall–Kier alpha value is -2.49. The minimum absolute atomic E-state index is 0.194. The van der Waals surface area contributed by atoms with Crippen LogP contribution in [0.2, 0.25) is 0 Å². The molecule has 0 aliphatic heterocycles. The molecule has 0 atom stereocenters. The zero-order valence-corrected chi connectivity index (χ0v) is 21.7. The number of phenols is 2. The maximum absolute atomic E-state index is 12.8. The van der Waals surface area contributed by atoms with Crippen LogP contribution in [0.1, 0.15) is 107 Å². The van der Waals surface area contributed by atoms with E-state index >= 15 is 0 Å². The Kier molecular flexibility index (Phi) is 11.5. The van der Waals surface area contributed by atoms with Gasteiger partial charge in [0.25, 0.3) is 0 Å². The van der Waals surface area contributed by atoms with E-state index in [1.807, 2.05) is 45.0 Å². The van der Waals surface area contributed by atoms with Crippen molar-refractivity contribution in [2.24, 2.45) is 0 Å². The molecule has 0 aliphatic carbocycles.